The van der Waals surface area contributed by atoms with E-state index in [0.717, 1.165) is 11.3 Å². The van der Waals surface area contributed by atoms with Gasteiger partial charge in [-0.25, -0.2) is 10.2 Å². The molecule has 3 aromatic rings. The molecule has 0 atom stereocenters. The highest BCUT2D eigenvalue weighted by Crippen LogP contribution is 2.37. The largest absolute Gasteiger partial charge is 0.484 e. The molecule has 134 valence electrons. The average Bonchev–Trinajstić information content (AvgIpc) is 2.97. The molecule has 0 radical (unpaired) electrons. The summed E-state index contributed by atoms with van der Waals surface area (Å²) in [5, 5.41) is 3.41. The van der Waals surface area contributed by atoms with Gasteiger partial charge in [0.15, 0.2) is 6.61 Å². The second-order valence-electron chi connectivity index (χ2n) is 5.19. The number of hydrogen-bond donors (Lipinski definition) is 3. The molecule has 1 aromatic heterocycles. The van der Waals surface area contributed by atoms with E-state index in [0.29, 0.717) is 25.7 Å². The Balaban J connectivity index is 1.70. The fourth-order valence-electron chi connectivity index (χ4n) is 2.24. The summed E-state index contributed by atoms with van der Waals surface area (Å²) in [4.78, 5) is 23.9. The molecule has 1 heterocycles. The van der Waals surface area contributed by atoms with Crippen molar-refractivity contribution in [1.82, 2.24) is 5.43 Å². The lowest BCUT2D eigenvalue weighted by molar-refractivity contribution is -0.118. The molecule has 4 N–H and O–H groups in total. The first-order valence-corrected chi connectivity index (χ1v) is 8.59. The maximum absolute atomic E-state index is 13.5. The van der Waals surface area contributed by atoms with Crippen molar-refractivity contribution in [3.8, 4) is 5.75 Å². The van der Waals surface area contributed by atoms with Crippen molar-refractivity contribution in [2.45, 2.75) is 0 Å². The van der Waals surface area contributed by atoms with E-state index in [1.165, 1.54) is 18.2 Å². The van der Waals surface area contributed by atoms with Gasteiger partial charge in [0.25, 0.3) is 11.8 Å². The van der Waals surface area contributed by atoms with Crippen LogP contribution in [0.1, 0.15) is 9.67 Å². The highest BCUT2D eigenvalue weighted by atomic mass is 35.5. The lowest BCUT2D eigenvalue weighted by Gasteiger charge is -2.08. The number of nitrogens with one attached hydrogen (secondary N) is 2. The quantitative estimate of drug-likeness (QED) is 0.352. The van der Waals surface area contributed by atoms with Gasteiger partial charge < -0.3 is 10.1 Å². The molecule has 0 spiro atoms. The second-order valence-corrected chi connectivity index (χ2v) is 6.62. The number of carbonyl (C=O) groups excluding carboxylic acids is 2. The van der Waals surface area contributed by atoms with Crippen molar-refractivity contribution in [2.24, 2.45) is 5.84 Å². The Kier molecular flexibility index (Phi) is 5.36. The number of halogens is 2. The van der Waals surface area contributed by atoms with Crippen LogP contribution in [-0.4, -0.2) is 18.4 Å². The van der Waals surface area contributed by atoms with E-state index in [9.17, 15) is 14.0 Å². The molecule has 26 heavy (non-hydrogen) atoms. The van der Waals surface area contributed by atoms with Crippen LogP contribution in [0.4, 0.5) is 10.1 Å². The topological polar surface area (TPSA) is 93.4 Å². The van der Waals surface area contributed by atoms with Crippen molar-refractivity contribution in [2.75, 3.05) is 11.9 Å². The first-order chi connectivity index (χ1) is 12.5. The van der Waals surface area contributed by atoms with Crippen LogP contribution in [0.15, 0.2) is 42.5 Å². The van der Waals surface area contributed by atoms with Crippen molar-refractivity contribution in [3.05, 3.63) is 58.2 Å². The third-order valence-electron chi connectivity index (χ3n) is 3.46. The number of thiophene rings is 1. The van der Waals surface area contributed by atoms with Gasteiger partial charge in [-0.15, -0.1) is 11.3 Å². The molecular formula is C17H13ClFN3O3S. The standard InChI is InChI=1S/C17H13ClFN3O3S/c18-15-10-6-5-9(7-13(10)26-16(15)17(24)22-20)25-8-14(23)21-12-4-2-1-3-11(12)19/h1-7H,8,20H2,(H,21,23)(H,22,24). The van der Waals surface area contributed by atoms with E-state index < -0.39 is 17.6 Å². The number of carbonyl (C=O) groups is 2. The fourth-order valence-corrected chi connectivity index (χ4v) is 3.69. The number of para-hydroxylation sites is 1. The van der Waals surface area contributed by atoms with E-state index in [-0.39, 0.29) is 12.3 Å². The molecule has 0 unspecified atom stereocenters. The van der Waals surface area contributed by atoms with Crippen LogP contribution in [0.25, 0.3) is 10.1 Å². The SMILES string of the molecule is NNC(=O)c1sc2cc(OCC(=O)Nc3ccccc3F)ccc2c1Cl. The van der Waals surface area contributed by atoms with Gasteiger partial charge in [-0.2, -0.15) is 0 Å². The molecule has 0 fully saturated rings. The summed E-state index contributed by atoms with van der Waals surface area (Å²) < 4.78 is 19.7. The first-order valence-electron chi connectivity index (χ1n) is 7.39. The molecule has 3 rings (SSSR count). The van der Waals surface area contributed by atoms with Crippen molar-refractivity contribution < 1.29 is 18.7 Å². The molecule has 0 saturated carbocycles. The Bertz CT molecular complexity index is 993. The molecule has 6 nitrogen and oxygen atoms in total. The zero-order chi connectivity index (χ0) is 18.7. The lowest BCUT2D eigenvalue weighted by Crippen LogP contribution is -2.29. The Morgan fingerprint density at radius 2 is 2.00 bits per heavy atom. The van der Waals surface area contributed by atoms with Gasteiger partial charge in [-0.1, -0.05) is 23.7 Å². The summed E-state index contributed by atoms with van der Waals surface area (Å²) in [6.07, 6.45) is 0. The van der Waals surface area contributed by atoms with Gasteiger partial charge in [-0.05, 0) is 30.3 Å². The van der Waals surface area contributed by atoms with E-state index >= 15 is 0 Å². The monoisotopic (exact) mass is 393 g/mol. The highest BCUT2D eigenvalue weighted by molar-refractivity contribution is 7.21. The summed E-state index contributed by atoms with van der Waals surface area (Å²) >= 11 is 7.32. The van der Waals surface area contributed by atoms with Crippen molar-refractivity contribution in [3.63, 3.8) is 0 Å². The van der Waals surface area contributed by atoms with Gasteiger partial charge in [0, 0.05) is 10.1 Å². The van der Waals surface area contributed by atoms with Crippen LogP contribution in [0.5, 0.6) is 5.75 Å². The maximum atomic E-state index is 13.5. The molecule has 0 aliphatic heterocycles. The number of nitrogen functional groups attached to an aromatic ring is 1. The zero-order valence-electron chi connectivity index (χ0n) is 13.2. The van der Waals surface area contributed by atoms with Crippen LogP contribution in [0, 0.1) is 5.82 Å². The summed E-state index contributed by atoms with van der Waals surface area (Å²) in [5.41, 5.74) is 2.12. The summed E-state index contributed by atoms with van der Waals surface area (Å²) in [7, 11) is 0. The third-order valence-corrected chi connectivity index (χ3v) is 5.11. The number of nitrogens with two attached hydrogens (primary N) is 1. The first kappa shape index (κ1) is 18.1. The Morgan fingerprint density at radius 1 is 1.23 bits per heavy atom. The maximum Gasteiger partial charge on any atom is 0.276 e. The van der Waals surface area contributed by atoms with Crippen LogP contribution in [-0.2, 0) is 4.79 Å². The van der Waals surface area contributed by atoms with E-state index in [1.807, 2.05) is 5.43 Å². The van der Waals surface area contributed by atoms with Gasteiger partial charge in [0.1, 0.15) is 16.4 Å². The minimum Gasteiger partial charge on any atom is -0.484 e. The number of anilines is 1. The number of hydrogen-bond acceptors (Lipinski definition) is 5. The fraction of sp³-hybridized carbons (Fsp3) is 0.0588. The molecule has 9 heteroatoms. The van der Waals surface area contributed by atoms with Crippen LogP contribution < -0.4 is 21.3 Å². The smallest absolute Gasteiger partial charge is 0.276 e. The van der Waals surface area contributed by atoms with E-state index in [1.54, 1.807) is 24.3 Å². The minimum atomic E-state index is -0.527. The number of ether oxygens (including phenoxy) is 1. The molecule has 0 aliphatic carbocycles. The highest BCUT2D eigenvalue weighted by Gasteiger charge is 2.17. The number of hydrazine groups is 1. The van der Waals surface area contributed by atoms with Gasteiger partial charge in [-0.3, -0.25) is 15.0 Å². The summed E-state index contributed by atoms with van der Waals surface area (Å²) in [5.74, 6) is 4.04. The molecular weight excluding hydrogens is 381 g/mol. The van der Waals surface area contributed by atoms with E-state index in [2.05, 4.69) is 5.32 Å². The third kappa shape index (κ3) is 3.77. The average molecular weight is 394 g/mol. The second kappa shape index (κ2) is 7.69. The van der Waals surface area contributed by atoms with Crippen molar-refractivity contribution >= 4 is 50.5 Å². The minimum absolute atomic E-state index is 0.0824. The summed E-state index contributed by atoms with van der Waals surface area (Å²) in [6, 6.07) is 10.8. The van der Waals surface area contributed by atoms with Crippen molar-refractivity contribution in [1.29, 1.82) is 0 Å². The normalized spacial score (nSPS) is 10.6. The lowest BCUT2D eigenvalue weighted by atomic mass is 10.2. The van der Waals surface area contributed by atoms with Gasteiger partial charge >= 0.3 is 0 Å². The molecule has 2 aromatic carbocycles. The molecule has 0 bridgehead atoms. The summed E-state index contributed by atoms with van der Waals surface area (Å²) in [6.45, 7) is -0.297. The molecule has 0 aliphatic rings. The van der Waals surface area contributed by atoms with Crippen LogP contribution in [0.3, 0.4) is 0 Å². The number of amides is 2. The number of rotatable bonds is 5. The van der Waals surface area contributed by atoms with Crippen LogP contribution in [0.2, 0.25) is 5.02 Å². The molecule has 2 amide bonds. The Hall–Kier alpha value is -2.68. The predicted molar refractivity (Wildman–Crippen MR) is 99.0 cm³/mol. The van der Waals surface area contributed by atoms with E-state index in [4.69, 9.17) is 22.2 Å². The molecule has 0 saturated heterocycles. The van der Waals surface area contributed by atoms with Gasteiger partial charge in [0.2, 0.25) is 0 Å². The van der Waals surface area contributed by atoms with Crippen LogP contribution >= 0.6 is 22.9 Å². The predicted octanol–water partition coefficient (Wildman–Crippen LogP) is 3.31. The van der Waals surface area contributed by atoms with Gasteiger partial charge in [0.05, 0.1) is 10.7 Å². The number of benzene rings is 2. The zero-order valence-corrected chi connectivity index (χ0v) is 14.8. The number of fused-ring (bicyclic) bond motifs is 1. The Morgan fingerprint density at radius 3 is 2.73 bits per heavy atom. The Labute approximate surface area is 156 Å².